The van der Waals surface area contributed by atoms with Gasteiger partial charge in [0.05, 0.1) is 0 Å². The summed E-state index contributed by atoms with van der Waals surface area (Å²) in [4.78, 5) is 0.881. The molecular weight excluding hydrogens is 216 g/mol. The van der Waals surface area contributed by atoms with Crippen molar-refractivity contribution < 1.29 is 5.11 Å². The molecule has 1 N–H and O–H groups in total. The van der Waals surface area contributed by atoms with Crippen LogP contribution in [0.15, 0.2) is 47.4 Å². The topological polar surface area (TPSA) is 20.2 Å². The van der Waals surface area contributed by atoms with Gasteiger partial charge in [0.1, 0.15) is 5.60 Å². The van der Waals surface area contributed by atoms with E-state index in [-0.39, 0.29) is 0 Å². The molecule has 0 spiro atoms. The van der Waals surface area contributed by atoms with Crippen molar-refractivity contribution in [1.82, 2.24) is 0 Å². The Balaban J connectivity index is 2.39. The minimum atomic E-state index is -0.898. The van der Waals surface area contributed by atoms with Gasteiger partial charge in [-0.15, -0.1) is 12.6 Å². The first-order valence-electron chi connectivity index (χ1n) is 5.26. The summed E-state index contributed by atoms with van der Waals surface area (Å²) in [7, 11) is 0. The quantitative estimate of drug-likeness (QED) is 0.663. The third kappa shape index (κ3) is 1.17. The number of hydrogen-bond donors (Lipinski definition) is 2. The van der Waals surface area contributed by atoms with Crippen LogP contribution in [0.3, 0.4) is 0 Å². The summed E-state index contributed by atoms with van der Waals surface area (Å²) in [6.45, 7) is 1.84. The van der Waals surface area contributed by atoms with Gasteiger partial charge >= 0.3 is 0 Å². The van der Waals surface area contributed by atoms with E-state index in [0.29, 0.717) is 0 Å². The molecule has 2 aromatic carbocycles. The van der Waals surface area contributed by atoms with E-state index >= 15 is 0 Å². The molecule has 2 aromatic rings. The molecule has 3 rings (SSSR count). The molecule has 0 fully saturated rings. The molecule has 1 aliphatic carbocycles. The lowest BCUT2D eigenvalue weighted by molar-refractivity contribution is 0.107. The first-order chi connectivity index (χ1) is 7.60. The van der Waals surface area contributed by atoms with Crippen molar-refractivity contribution in [3.63, 3.8) is 0 Å². The van der Waals surface area contributed by atoms with Crippen molar-refractivity contribution in [2.45, 2.75) is 17.4 Å². The van der Waals surface area contributed by atoms with Crippen LogP contribution in [0.4, 0.5) is 0 Å². The Morgan fingerprint density at radius 2 is 1.69 bits per heavy atom. The Morgan fingerprint density at radius 1 is 1.00 bits per heavy atom. The summed E-state index contributed by atoms with van der Waals surface area (Å²) in [6.07, 6.45) is 0. The first-order valence-corrected chi connectivity index (χ1v) is 5.71. The van der Waals surface area contributed by atoms with Crippen molar-refractivity contribution in [2.24, 2.45) is 0 Å². The monoisotopic (exact) mass is 228 g/mol. The van der Waals surface area contributed by atoms with Gasteiger partial charge in [-0.25, -0.2) is 0 Å². The zero-order chi connectivity index (χ0) is 11.3. The van der Waals surface area contributed by atoms with Crippen LogP contribution in [0.25, 0.3) is 11.1 Å². The highest BCUT2D eigenvalue weighted by Gasteiger charge is 2.36. The van der Waals surface area contributed by atoms with Crippen LogP contribution >= 0.6 is 12.6 Å². The van der Waals surface area contributed by atoms with E-state index in [4.69, 9.17) is 0 Å². The maximum Gasteiger partial charge on any atom is 0.113 e. The number of benzene rings is 2. The maximum atomic E-state index is 10.6. The first kappa shape index (κ1) is 9.94. The van der Waals surface area contributed by atoms with Gasteiger partial charge in [0, 0.05) is 4.90 Å². The molecule has 1 nitrogen and oxygen atoms in total. The highest BCUT2D eigenvalue weighted by atomic mass is 32.1. The summed E-state index contributed by atoms with van der Waals surface area (Å²) >= 11 is 4.33. The zero-order valence-electron chi connectivity index (χ0n) is 8.94. The Labute approximate surface area is 100 Å². The Kier molecular flexibility index (Phi) is 1.94. The average Bonchev–Trinajstić information content (AvgIpc) is 2.49. The number of fused-ring (bicyclic) bond motifs is 3. The molecule has 0 aromatic heterocycles. The van der Waals surface area contributed by atoms with Crippen molar-refractivity contribution in [3.8, 4) is 11.1 Å². The summed E-state index contributed by atoms with van der Waals surface area (Å²) in [6, 6.07) is 13.9. The minimum absolute atomic E-state index is 0.881. The highest BCUT2D eigenvalue weighted by Crippen LogP contribution is 2.47. The third-order valence-electron chi connectivity index (χ3n) is 3.27. The number of hydrogen-bond acceptors (Lipinski definition) is 2. The Hall–Kier alpha value is -1.25. The zero-order valence-corrected chi connectivity index (χ0v) is 9.83. The second kappa shape index (κ2) is 3.12. The summed E-state index contributed by atoms with van der Waals surface area (Å²) in [5, 5.41) is 10.6. The van der Waals surface area contributed by atoms with Gasteiger partial charge in [-0.05, 0) is 41.3 Å². The second-order valence-electron chi connectivity index (χ2n) is 4.35. The lowest BCUT2D eigenvalue weighted by Crippen LogP contribution is -2.19. The molecule has 0 bridgehead atoms. The number of thiol groups is 1. The lowest BCUT2D eigenvalue weighted by atomic mass is 9.94. The van der Waals surface area contributed by atoms with Crippen molar-refractivity contribution in [1.29, 1.82) is 0 Å². The van der Waals surface area contributed by atoms with Crippen LogP contribution in [0.2, 0.25) is 0 Å². The van der Waals surface area contributed by atoms with Crippen LogP contribution in [0.5, 0.6) is 0 Å². The molecule has 2 heteroatoms. The van der Waals surface area contributed by atoms with Gasteiger partial charge in [-0.2, -0.15) is 0 Å². The van der Waals surface area contributed by atoms with Gasteiger partial charge in [0.15, 0.2) is 0 Å². The molecule has 16 heavy (non-hydrogen) atoms. The van der Waals surface area contributed by atoms with Gasteiger partial charge in [-0.3, -0.25) is 0 Å². The highest BCUT2D eigenvalue weighted by molar-refractivity contribution is 7.80. The van der Waals surface area contributed by atoms with E-state index in [2.05, 4.69) is 12.6 Å². The van der Waals surface area contributed by atoms with E-state index in [1.807, 2.05) is 49.4 Å². The van der Waals surface area contributed by atoms with Crippen molar-refractivity contribution >= 4 is 12.6 Å². The van der Waals surface area contributed by atoms with Crippen LogP contribution in [-0.4, -0.2) is 5.11 Å². The lowest BCUT2D eigenvalue weighted by Gasteiger charge is -2.19. The van der Waals surface area contributed by atoms with E-state index in [0.717, 1.165) is 27.1 Å². The molecule has 0 heterocycles. The Bertz CT molecular complexity index is 573. The minimum Gasteiger partial charge on any atom is -0.381 e. The third-order valence-corrected chi connectivity index (χ3v) is 3.55. The second-order valence-corrected chi connectivity index (χ2v) is 4.86. The normalized spacial score (nSPS) is 21.7. The molecule has 80 valence electrons. The Morgan fingerprint density at radius 3 is 2.50 bits per heavy atom. The maximum absolute atomic E-state index is 10.6. The summed E-state index contributed by atoms with van der Waals surface area (Å²) in [5.41, 5.74) is 3.25. The molecule has 1 aliphatic rings. The molecule has 0 amide bonds. The number of rotatable bonds is 0. The number of aliphatic hydroxyl groups is 1. The van der Waals surface area contributed by atoms with Crippen molar-refractivity contribution in [2.75, 3.05) is 0 Å². The molecule has 0 radical (unpaired) electrons. The summed E-state index contributed by atoms with van der Waals surface area (Å²) < 4.78 is 0. The molecular formula is C14H12OS. The fourth-order valence-electron chi connectivity index (χ4n) is 2.46. The average molecular weight is 228 g/mol. The summed E-state index contributed by atoms with van der Waals surface area (Å²) in [5.74, 6) is 0. The van der Waals surface area contributed by atoms with Crippen LogP contribution < -0.4 is 0 Å². The van der Waals surface area contributed by atoms with Crippen LogP contribution in [0, 0.1) is 0 Å². The predicted molar refractivity (Wildman–Crippen MR) is 67.8 cm³/mol. The van der Waals surface area contributed by atoms with Gasteiger partial charge in [0.25, 0.3) is 0 Å². The van der Waals surface area contributed by atoms with Gasteiger partial charge < -0.3 is 5.11 Å². The molecule has 1 atom stereocenters. The predicted octanol–water partition coefficient (Wildman–Crippen LogP) is 3.21. The van der Waals surface area contributed by atoms with E-state index < -0.39 is 5.60 Å². The smallest absolute Gasteiger partial charge is 0.113 e. The van der Waals surface area contributed by atoms with Crippen LogP contribution in [-0.2, 0) is 5.60 Å². The van der Waals surface area contributed by atoms with E-state index in [1.165, 1.54) is 0 Å². The molecule has 0 saturated heterocycles. The SMILES string of the molecule is CC1(O)c2ccccc2-c2ccc(S)cc21. The molecule has 0 aliphatic heterocycles. The fraction of sp³-hybridized carbons (Fsp3) is 0.143. The van der Waals surface area contributed by atoms with Gasteiger partial charge in [-0.1, -0.05) is 30.3 Å². The van der Waals surface area contributed by atoms with Gasteiger partial charge in [0.2, 0.25) is 0 Å². The van der Waals surface area contributed by atoms with E-state index in [9.17, 15) is 5.11 Å². The molecule has 1 unspecified atom stereocenters. The van der Waals surface area contributed by atoms with E-state index in [1.54, 1.807) is 0 Å². The largest absolute Gasteiger partial charge is 0.381 e. The van der Waals surface area contributed by atoms with Crippen molar-refractivity contribution in [3.05, 3.63) is 53.6 Å². The molecule has 0 saturated carbocycles. The van der Waals surface area contributed by atoms with Crippen LogP contribution in [0.1, 0.15) is 18.1 Å². The standard InChI is InChI=1S/C14H12OS/c1-14(15)12-5-3-2-4-10(12)11-7-6-9(16)8-13(11)14/h2-8,15-16H,1H3. The fourth-order valence-corrected chi connectivity index (χ4v) is 2.66.